The normalized spacial score (nSPS) is 12.1. The van der Waals surface area contributed by atoms with Crippen molar-refractivity contribution in [3.8, 4) is 5.75 Å². The van der Waals surface area contributed by atoms with Crippen LogP contribution in [0.4, 0.5) is 0 Å². The molecule has 0 saturated heterocycles. The minimum absolute atomic E-state index is 0.0241. The fourth-order valence-electron chi connectivity index (χ4n) is 3.21. The first-order chi connectivity index (χ1) is 12.3. The second-order valence-corrected chi connectivity index (χ2v) is 7.38. The summed E-state index contributed by atoms with van der Waals surface area (Å²) in [6.07, 6.45) is 1.26. The Morgan fingerprint density at radius 3 is 2.27 bits per heavy atom. The lowest BCUT2D eigenvalue weighted by molar-refractivity contribution is -0.121. The van der Waals surface area contributed by atoms with Gasteiger partial charge in [0.1, 0.15) is 5.75 Å². The van der Waals surface area contributed by atoms with Crippen LogP contribution in [-0.4, -0.2) is 13.0 Å². The van der Waals surface area contributed by atoms with E-state index in [2.05, 4.69) is 69.4 Å². The molecule has 0 fully saturated rings. The van der Waals surface area contributed by atoms with Gasteiger partial charge in [0.25, 0.3) is 0 Å². The molecule has 0 aliphatic heterocycles. The third-order valence-electron chi connectivity index (χ3n) is 4.85. The fourth-order valence-corrected chi connectivity index (χ4v) is 3.21. The van der Waals surface area contributed by atoms with Crippen molar-refractivity contribution in [2.24, 2.45) is 0 Å². The summed E-state index contributed by atoms with van der Waals surface area (Å²) in [6.45, 7) is 10.5. The summed E-state index contributed by atoms with van der Waals surface area (Å²) in [5.74, 6) is 1.37. The first kappa shape index (κ1) is 20.0. The van der Waals surface area contributed by atoms with E-state index < -0.39 is 0 Å². The van der Waals surface area contributed by atoms with Crippen molar-refractivity contribution >= 4 is 5.91 Å². The standard InChI is InChI=1S/C23H31NO2/c1-15(2)20-14-21(17(4)13-22(20)26-6)18(5)24-23(25)12-11-19-9-7-16(3)8-10-19/h7-10,13-15,18H,11-12H2,1-6H3,(H,24,25). The highest BCUT2D eigenvalue weighted by Gasteiger charge is 2.16. The molecule has 0 spiro atoms. The van der Waals surface area contributed by atoms with E-state index in [9.17, 15) is 4.79 Å². The Hall–Kier alpha value is -2.29. The maximum Gasteiger partial charge on any atom is 0.220 e. The average Bonchev–Trinajstić information content (AvgIpc) is 2.60. The number of methoxy groups -OCH3 is 1. The van der Waals surface area contributed by atoms with Crippen LogP contribution in [0.25, 0.3) is 0 Å². The third-order valence-corrected chi connectivity index (χ3v) is 4.85. The van der Waals surface area contributed by atoms with Crippen LogP contribution in [0.3, 0.4) is 0 Å². The highest BCUT2D eigenvalue weighted by Crippen LogP contribution is 2.32. The van der Waals surface area contributed by atoms with Gasteiger partial charge in [-0.15, -0.1) is 0 Å². The number of aryl methyl sites for hydroxylation is 3. The molecule has 0 bridgehead atoms. The largest absolute Gasteiger partial charge is 0.496 e. The van der Waals surface area contributed by atoms with Crippen LogP contribution in [-0.2, 0) is 11.2 Å². The molecule has 0 aliphatic carbocycles. The van der Waals surface area contributed by atoms with Crippen LogP contribution >= 0.6 is 0 Å². The van der Waals surface area contributed by atoms with Gasteiger partial charge < -0.3 is 10.1 Å². The van der Waals surface area contributed by atoms with Crippen molar-refractivity contribution in [2.45, 2.75) is 59.4 Å². The molecule has 0 heterocycles. The Kier molecular flexibility index (Phi) is 6.84. The molecule has 0 aromatic heterocycles. The summed E-state index contributed by atoms with van der Waals surface area (Å²) in [5, 5.41) is 3.14. The summed E-state index contributed by atoms with van der Waals surface area (Å²) < 4.78 is 5.51. The maximum absolute atomic E-state index is 12.4. The third kappa shape index (κ3) is 5.10. The van der Waals surface area contributed by atoms with E-state index in [0.717, 1.165) is 23.3 Å². The number of nitrogens with one attached hydrogen (secondary N) is 1. The van der Waals surface area contributed by atoms with Crippen molar-refractivity contribution in [1.82, 2.24) is 5.32 Å². The Morgan fingerprint density at radius 1 is 1.04 bits per heavy atom. The summed E-state index contributed by atoms with van der Waals surface area (Å²) in [7, 11) is 1.70. The van der Waals surface area contributed by atoms with Gasteiger partial charge in [-0.1, -0.05) is 43.7 Å². The molecule has 0 saturated carbocycles. The monoisotopic (exact) mass is 353 g/mol. The van der Waals surface area contributed by atoms with Gasteiger partial charge in [-0.2, -0.15) is 0 Å². The summed E-state index contributed by atoms with van der Waals surface area (Å²) in [5.41, 5.74) is 5.90. The predicted molar refractivity (Wildman–Crippen MR) is 108 cm³/mol. The fraction of sp³-hybridized carbons (Fsp3) is 0.435. The van der Waals surface area contributed by atoms with Gasteiger partial charge >= 0.3 is 0 Å². The first-order valence-electron chi connectivity index (χ1n) is 9.35. The quantitative estimate of drug-likeness (QED) is 0.739. The molecule has 140 valence electrons. The molecule has 1 unspecified atom stereocenters. The molecule has 1 amide bonds. The number of hydrogen-bond donors (Lipinski definition) is 1. The molecule has 0 radical (unpaired) electrons. The zero-order valence-corrected chi connectivity index (χ0v) is 16.8. The van der Waals surface area contributed by atoms with Crippen molar-refractivity contribution < 1.29 is 9.53 Å². The zero-order valence-electron chi connectivity index (χ0n) is 16.8. The number of rotatable bonds is 7. The van der Waals surface area contributed by atoms with Crippen molar-refractivity contribution in [1.29, 1.82) is 0 Å². The van der Waals surface area contributed by atoms with Crippen LogP contribution in [0.2, 0.25) is 0 Å². The van der Waals surface area contributed by atoms with E-state index in [0.29, 0.717) is 12.3 Å². The number of benzene rings is 2. The van der Waals surface area contributed by atoms with E-state index in [1.54, 1.807) is 7.11 Å². The molecule has 2 aromatic rings. The van der Waals surface area contributed by atoms with Crippen LogP contribution in [0.1, 0.15) is 67.0 Å². The molecule has 0 aliphatic rings. The Morgan fingerprint density at radius 2 is 1.69 bits per heavy atom. The van der Waals surface area contributed by atoms with E-state index in [-0.39, 0.29) is 11.9 Å². The molecule has 26 heavy (non-hydrogen) atoms. The smallest absolute Gasteiger partial charge is 0.220 e. The first-order valence-corrected chi connectivity index (χ1v) is 9.35. The highest BCUT2D eigenvalue weighted by molar-refractivity contribution is 5.76. The minimum atomic E-state index is -0.0241. The van der Waals surface area contributed by atoms with Gasteiger partial charge in [-0.25, -0.2) is 0 Å². The van der Waals surface area contributed by atoms with Gasteiger partial charge in [0.15, 0.2) is 0 Å². The van der Waals surface area contributed by atoms with E-state index >= 15 is 0 Å². The molecule has 3 nitrogen and oxygen atoms in total. The van der Waals surface area contributed by atoms with Gasteiger partial charge in [0.2, 0.25) is 5.91 Å². The molecule has 1 N–H and O–H groups in total. The average molecular weight is 354 g/mol. The minimum Gasteiger partial charge on any atom is -0.496 e. The molecule has 3 heteroatoms. The number of carbonyl (C=O) groups is 1. The Bertz CT molecular complexity index is 748. The summed E-state index contributed by atoms with van der Waals surface area (Å²) in [4.78, 5) is 12.4. The molecular weight excluding hydrogens is 322 g/mol. The van der Waals surface area contributed by atoms with Crippen LogP contribution in [0.5, 0.6) is 5.75 Å². The van der Waals surface area contributed by atoms with E-state index in [1.165, 1.54) is 16.7 Å². The van der Waals surface area contributed by atoms with Gasteiger partial charge in [0, 0.05) is 6.42 Å². The molecule has 1 atom stereocenters. The van der Waals surface area contributed by atoms with Crippen LogP contribution in [0, 0.1) is 13.8 Å². The second kappa shape index (κ2) is 8.88. The molecule has 2 aromatic carbocycles. The Labute approximate surface area is 157 Å². The topological polar surface area (TPSA) is 38.3 Å². The van der Waals surface area contributed by atoms with Crippen molar-refractivity contribution in [3.05, 3.63) is 64.2 Å². The lowest BCUT2D eigenvalue weighted by Crippen LogP contribution is -2.27. The number of carbonyl (C=O) groups excluding carboxylic acids is 1. The van der Waals surface area contributed by atoms with E-state index in [1.807, 2.05) is 6.92 Å². The van der Waals surface area contributed by atoms with Gasteiger partial charge in [-0.05, 0) is 67.5 Å². The molecule has 2 rings (SSSR count). The lowest BCUT2D eigenvalue weighted by atomic mass is 9.93. The number of hydrogen-bond acceptors (Lipinski definition) is 2. The van der Waals surface area contributed by atoms with Crippen molar-refractivity contribution in [3.63, 3.8) is 0 Å². The van der Waals surface area contributed by atoms with Crippen LogP contribution in [0.15, 0.2) is 36.4 Å². The van der Waals surface area contributed by atoms with Crippen LogP contribution < -0.4 is 10.1 Å². The van der Waals surface area contributed by atoms with Gasteiger partial charge in [-0.3, -0.25) is 4.79 Å². The van der Waals surface area contributed by atoms with E-state index in [4.69, 9.17) is 4.74 Å². The highest BCUT2D eigenvalue weighted by atomic mass is 16.5. The predicted octanol–water partition coefficient (Wildman–Crippen LogP) is 5.25. The maximum atomic E-state index is 12.4. The number of ether oxygens (including phenoxy) is 1. The Balaban J connectivity index is 2.04. The zero-order chi connectivity index (χ0) is 19.3. The van der Waals surface area contributed by atoms with Gasteiger partial charge in [0.05, 0.1) is 13.2 Å². The SMILES string of the molecule is COc1cc(C)c(C(C)NC(=O)CCc2ccc(C)cc2)cc1C(C)C. The van der Waals surface area contributed by atoms with Crippen molar-refractivity contribution in [2.75, 3.05) is 7.11 Å². The molecular formula is C23H31NO2. The second-order valence-electron chi connectivity index (χ2n) is 7.38. The number of amides is 1. The summed E-state index contributed by atoms with van der Waals surface area (Å²) in [6, 6.07) is 12.6. The summed E-state index contributed by atoms with van der Waals surface area (Å²) >= 11 is 0. The lowest BCUT2D eigenvalue weighted by Gasteiger charge is -2.21.